The summed E-state index contributed by atoms with van der Waals surface area (Å²) >= 11 is 0. The molecule has 0 unspecified atom stereocenters. The van der Waals surface area contributed by atoms with Gasteiger partial charge in [-0.1, -0.05) is 19.1 Å². The van der Waals surface area contributed by atoms with Gasteiger partial charge in [-0.25, -0.2) is 0 Å². The van der Waals surface area contributed by atoms with Gasteiger partial charge >= 0.3 is 0 Å². The van der Waals surface area contributed by atoms with Crippen LogP contribution in [0.5, 0.6) is 11.5 Å². The first-order chi connectivity index (χ1) is 9.22. The van der Waals surface area contributed by atoms with Gasteiger partial charge in [0.05, 0.1) is 20.8 Å². The van der Waals surface area contributed by atoms with E-state index in [0.717, 1.165) is 12.0 Å². The molecule has 0 aliphatic carbocycles. The number of ether oxygens (including phenoxy) is 2. The smallest absolute Gasteiger partial charge is 0.233 e. The van der Waals surface area contributed by atoms with Gasteiger partial charge < -0.3 is 20.1 Å². The van der Waals surface area contributed by atoms with Crippen molar-refractivity contribution in [2.24, 2.45) is 0 Å². The fourth-order valence-electron chi connectivity index (χ4n) is 1.73. The molecule has 1 amide bonds. The Morgan fingerprint density at radius 1 is 1.26 bits per heavy atom. The van der Waals surface area contributed by atoms with Crippen LogP contribution >= 0.6 is 0 Å². The molecule has 0 aromatic heterocycles. The van der Waals surface area contributed by atoms with Crippen LogP contribution in [-0.4, -0.2) is 33.2 Å². The van der Waals surface area contributed by atoms with Gasteiger partial charge in [-0.15, -0.1) is 0 Å². The number of nitrogens with one attached hydrogen (secondary N) is 2. The van der Waals surface area contributed by atoms with Crippen LogP contribution in [0.1, 0.15) is 18.9 Å². The summed E-state index contributed by atoms with van der Waals surface area (Å²) in [5.41, 5.74) is 0.963. The summed E-state index contributed by atoms with van der Waals surface area (Å²) in [4.78, 5) is 11.4. The van der Waals surface area contributed by atoms with Crippen molar-refractivity contribution in [1.29, 1.82) is 0 Å². The molecule has 0 spiro atoms. The average molecular weight is 266 g/mol. The Morgan fingerprint density at radius 3 is 2.68 bits per heavy atom. The molecule has 0 fully saturated rings. The normalized spacial score (nSPS) is 10.1. The maximum absolute atomic E-state index is 11.4. The van der Waals surface area contributed by atoms with E-state index in [-0.39, 0.29) is 5.91 Å². The molecule has 1 aromatic rings. The Balaban J connectivity index is 2.51. The number of hydrogen-bond donors (Lipinski definition) is 2. The van der Waals surface area contributed by atoms with E-state index >= 15 is 0 Å². The number of benzene rings is 1. The lowest BCUT2D eigenvalue weighted by Gasteiger charge is -2.13. The third kappa shape index (κ3) is 4.79. The third-order valence-corrected chi connectivity index (χ3v) is 2.66. The molecule has 5 heteroatoms. The van der Waals surface area contributed by atoms with Crippen LogP contribution in [0.15, 0.2) is 18.2 Å². The molecule has 2 N–H and O–H groups in total. The predicted molar refractivity (Wildman–Crippen MR) is 74.6 cm³/mol. The standard InChI is InChI=1S/C14H22N2O3/c1-4-8-16-13(17)10-15-9-11-6-5-7-12(18-2)14(11)19-3/h5-7,15H,4,8-10H2,1-3H3,(H,16,17). The molecule has 0 radical (unpaired) electrons. The minimum absolute atomic E-state index is 0.00344. The zero-order valence-corrected chi connectivity index (χ0v) is 11.8. The van der Waals surface area contributed by atoms with Crippen molar-refractivity contribution >= 4 is 5.91 Å². The van der Waals surface area contributed by atoms with Crippen LogP contribution in [0.2, 0.25) is 0 Å². The van der Waals surface area contributed by atoms with Crippen molar-refractivity contribution in [2.75, 3.05) is 27.3 Å². The second-order valence-electron chi connectivity index (χ2n) is 4.11. The topological polar surface area (TPSA) is 59.6 Å². The van der Waals surface area contributed by atoms with Crippen LogP contribution in [-0.2, 0) is 11.3 Å². The lowest BCUT2D eigenvalue weighted by molar-refractivity contribution is -0.120. The fraction of sp³-hybridized carbons (Fsp3) is 0.500. The highest BCUT2D eigenvalue weighted by Crippen LogP contribution is 2.30. The van der Waals surface area contributed by atoms with Gasteiger partial charge in [-0.2, -0.15) is 0 Å². The van der Waals surface area contributed by atoms with Gasteiger partial charge in [0, 0.05) is 18.7 Å². The molecular weight excluding hydrogens is 244 g/mol. The number of rotatable bonds is 8. The Hall–Kier alpha value is -1.75. The number of hydrogen-bond acceptors (Lipinski definition) is 4. The Labute approximate surface area is 114 Å². The molecular formula is C14H22N2O3. The molecule has 0 saturated carbocycles. The predicted octanol–water partition coefficient (Wildman–Crippen LogP) is 1.32. The number of methoxy groups -OCH3 is 2. The van der Waals surface area contributed by atoms with Crippen LogP contribution in [0.25, 0.3) is 0 Å². The first kappa shape index (κ1) is 15.3. The largest absolute Gasteiger partial charge is 0.493 e. The molecule has 0 aliphatic rings. The van der Waals surface area contributed by atoms with Gasteiger partial charge in [0.2, 0.25) is 5.91 Å². The lowest BCUT2D eigenvalue weighted by atomic mass is 10.2. The molecule has 0 atom stereocenters. The molecule has 1 rings (SSSR count). The van der Waals surface area contributed by atoms with Crippen LogP contribution in [0.4, 0.5) is 0 Å². The maximum Gasteiger partial charge on any atom is 0.233 e. The highest BCUT2D eigenvalue weighted by Gasteiger charge is 2.09. The summed E-state index contributed by atoms with van der Waals surface area (Å²) < 4.78 is 10.5. The first-order valence-corrected chi connectivity index (χ1v) is 6.40. The van der Waals surface area contributed by atoms with Crippen molar-refractivity contribution in [2.45, 2.75) is 19.9 Å². The molecule has 0 saturated heterocycles. The van der Waals surface area contributed by atoms with E-state index in [9.17, 15) is 4.79 Å². The van der Waals surface area contributed by atoms with Crippen LogP contribution in [0.3, 0.4) is 0 Å². The first-order valence-electron chi connectivity index (χ1n) is 6.40. The monoisotopic (exact) mass is 266 g/mol. The van der Waals surface area contributed by atoms with Crippen molar-refractivity contribution in [1.82, 2.24) is 10.6 Å². The second-order valence-corrected chi connectivity index (χ2v) is 4.11. The molecule has 19 heavy (non-hydrogen) atoms. The zero-order valence-electron chi connectivity index (χ0n) is 11.8. The molecule has 5 nitrogen and oxygen atoms in total. The number of carbonyl (C=O) groups excluding carboxylic acids is 1. The average Bonchev–Trinajstić information content (AvgIpc) is 2.44. The summed E-state index contributed by atoms with van der Waals surface area (Å²) in [6, 6.07) is 5.68. The minimum Gasteiger partial charge on any atom is -0.493 e. The van der Waals surface area contributed by atoms with Gasteiger partial charge in [0.15, 0.2) is 11.5 Å². The lowest BCUT2D eigenvalue weighted by Crippen LogP contribution is -2.34. The fourth-order valence-corrected chi connectivity index (χ4v) is 1.73. The Bertz CT molecular complexity index is 408. The minimum atomic E-state index is 0.00344. The molecule has 0 bridgehead atoms. The van der Waals surface area contributed by atoms with Crippen LogP contribution < -0.4 is 20.1 Å². The molecule has 0 aliphatic heterocycles. The summed E-state index contributed by atoms with van der Waals surface area (Å²) in [5.74, 6) is 1.40. The molecule has 1 aromatic carbocycles. The number of amides is 1. The number of para-hydroxylation sites is 1. The SMILES string of the molecule is CCCNC(=O)CNCc1cccc(OC)c1OC. The van der Waals surface area contributed by atoms with E-state index in [1.165, 1.54) is 0 Å². The molecule has 0 heterocycles. The van der Waals surface area contributed by atoms with Gasteiger partial charge in [0.25, 0.3) is 0 Å². The maximum atomic E-state index is 11.4. The van der Waals surface area contributed by atoms with Crippen molar-refractivity contribution in [3.8, 4) is 11.5 Å². The van der Waals surface area contributed by atoms with E-state index in [1.807, 2.05) is 25.1 Å². The van der Waals surface area contributed by atoms with E-state index < -0.39 is 0 Å². The van der Waals surface area contributed by atoms with Crippen molar-refractivity contribution < 1.29 is 14.3 Å². The number of carbonyl (C=O) groups is 1. The van der Waals surface area contributed by atoms with Gasteiger partial charge in [-0.05, 0) is 12.5 Å². The Kier molecular flexibility index (Phi) is 6.74. The summed E-state index contributed by atoms with van der Waals surface area (Å²) in [7, 11) is 3.21. The van der Waals surface area contributed by atoms with E-state index in [1.54, 1.807) is 14.2 Å². The third-order valence-electron chi connectivity index (χ3n) is 2.66. The highest BCUT2D eigenvalue weighted by atomic mass is 16.5. The van der Waals surface area contributed by atoms with Crippen LogP contribution in [0, 0.1) is 0 Å². The van der Waals surface area contributed by atoms with Crippen molar-refractivity contribution in [3.05, 3.63) is 23.8 Å². The van der Waals surface area contributed by atoms with Crippen molar-refractivity contribution in [3.63, 3.8) is 0 Å². The van der Waals surface area contributed by atoms with Gasteiger partial charge in [-0.3, -0.25) is 4.79 Å². The molecule has 106 valence electrons. The summed E-state index contributed by atoms with van der Waals surface area (Å²) in [6.45, 7) is 3.58. The highest BCUT2D eigenvalue weighted by molar-refractivity contribution is 5.77. The second kappa shape index (κ2) is 8.37. The quantitative estimate of drug-likeness (QED) is 0.745. The van der Waals surface area contributed by atoms with E-state index in [4.69, 9.17) is 9.47 Å². The van der Waals surface area contributed by atoms with E-state index in [2.05, 4.69) is 10.6 Å². The Morgan fingerprint density at radius 2 is 2.05 bits per heavy atom. The summed E-state index contributed by atoms with van der Waals surface area (Å²) in [6.07, 6.45) is 0.940. The van der Waals surface area contributed by atoms with E-state index in [0.29, 0.717) is 31.1 Å². The summed E-state index contributed by atoms with van der Waals surface area (Å²) in [5, 5.41) is 5.90. The van der Waals surface area contributed by atoms with Gasteiger partial charge in [0.1, 0.15) is 0 Å². The zero-order chi connectivity index (χ0) is 14.1.